The number of carbonyl (C=O) groups excluding carboxylic acids is 1. The molecule has 0 aliphatic carbocycles. The van der Waals surface area contributed by atoms with Crippen molar-refractivity contribution in [3.8, 4) is 0 Å². The van der Waals surface area contributed by atoms with Gasteiger partial charge in [0, 0.05) is 32.8 Å². The van der Waals surface area contributed by atoms with Crippen LogP contribution in [0, 0.1) is 12.7 Å². The number of ether oxygens (including phenoxy) is 1. The highest BCUT2D eigenvalue weighted by Gasteiger charge is 2.28. The van der Waals surface area contributed by atoms with Gasteiger partial charge in [-0.25, -0.2) is 9.37 Å². The number of carbonyl (C=O) groups is 1. The minimum Gasteiger partial charge on any atom is -0.367 e. The van der Waals surface area contributed by atoms with Crippen LogP contribution in [0.2, 0.25) is 0 Å². The van der Waals surface area contributed by atoms with Crippen LogP contribution in [0.15, 0.2) is 47.6 Å². The SMILES string of the molecule is CN=C(NCCC(=O)Nc1ccc(C)cn1)N1CC(C)OC(c2ccc(F)cc2)C1. The van der Waals surface area contributed by atoms with Gasteiger partial charge in [-0.15, -0.1) is 0 Å². The lowest BCUT2D eigenvalue weighted by molar-refractivity contribution is -0.116. The Morgan fingerprint density at radius 1 is 1.27 bits per heavy atom. The number of morpholine rings is 1. The molecule has 3 rings (SSSR count). The van der Waals surface area contributed by atoms with E-state index < -0.39 is 0 Å². The highest BCUT2D eigenvalue weighted by atomic mass is 19.1. The molecule has 2 N–H and O–H groups in total. The lowest BCUT2D eigenvalue weighted by Crippen LogP contribution is -2.51. The van der Waals surface area contributed by atoms with E-state index in [-0.39, 0.29) is 30.4 Å². The van der Waals surface area contributed by atoms with Crippen molar-refractivity contribution in [2.24, 2.45) is 4.99 Å². The molecule has 160 valence electrons. The summed E-state index contributed by atoms with van der Waals surface area (Å²) in [6.07, 6.45) is 1.81. The monoisotopic (exact) mass is 413 g/mol. The molecule has 1 aliphatic rings. The van der Waals surface area contributed by atoms with E-state index in [0.29, 0.717) is 31.4 Å². The Labute approximate surface area is 176 Å². The van der Waals surface area contributed by atoms with Gasteiger partial charge in [0.05, 0.1) is 12.6 Å². The number of pyridine rings is 1. The van der Waals surface area contributed by atoms with Crippen LogP contribution in [0.5, 0.6) is 0 Å². The molecule has 30 heavy (non-hydrogen) atoms. The van der Waals surface area contributed by atoms with Crippen molar-refractivity contribution in [3.05, 3.63) is 59.5 Å². The number of aromatic nitrogens is 1. The average Bonchev–Trinajstić information content (AvgIpc) is 2.73. The number of benzene rings is 1. The van der Waals surface area contributed by atoms with Crippen molar-refractivity contribution < 1.29 is 13.9 Å². The molecular weight excluding hydrogens is 385 g/mol. The first-order valence-corrected chi connectivity index (χ1v) is 10.0. The topological polar surface area (TPSA) is 78.8 Å². The van der Waals surface area contributed by atoms with Crippen LogP contribution in [0.25, 0.3) is 0 Å². The lowest BCUT2D eigenvalue weighted by atomic mass is 10.1. The van der Waals surface area contributed by atoms with Crippen molar-refractivity contribution >= 4 is 17.7 Å². The summed E-state index contributed by atoms with van der Waals surface area (Å²) in [7, 11) is 1.71. The number of hydrogen-bond acceptors (Lipinski definition) is 4. The molecule has 1 saturated heterocycles. The van der Waals surface area contributed by atoms with Gasteiger partial charge in [0.25, 0.3) is 0 Å². The quantitative estimate of drug-likeness (QED) is 0.582. The van der Waals surface area contributed by atoms with Crippen molar-refractivity contribution in [1.82, 2.24) is 15.2 Å². The van der Waals surface area contributed by atoms with Crippen LogP contribution in [0.1, 0.15) is 30.6 Å². The zero-order valence-electron chi connectivity index (χ0n) is 17.6. The number of anilines is 1. The third kappa shape index (κ3) is 6.00. The summed E-state index contributed by atoms with van der Waals surface area (Å²) in [5.41, 5.74) is 1.96. The van der Waals surface area contributed by atoms with Gasteiger partial charge < -0.3 is 20.3 Å². The van der Waals surface area contributed by atoms with Gasteiger partial charge in [-0.05, 0) is 43.2 Å². The zero-order valence-corrected chi connectivity index (χ0v) is 17.6. The first kappa shape index (κ1) is 21.7. The summed E-state index contributed by atoms with van der Waals surface area (Å²) in [5.74, 6) is 0.863. The first-order chi connectivity index (χ1) is 14.4. The van der Waals surface area contributed by atoms with Gasteiger partial charge in [-0.1, -0.05) is 18.2 Å². The highest BCUT2D eigenvalue weighted by molar-refractivity contribution is 5.90. The molecule has 1 fully saturated rings. The fraction of sp³-hybridized carbons (Fsp3) is 0.409. The molecule has 8 heteroatoms. The van der Waals surface area contributed by atoms with Gasteiger partial charge in [0.1, 0.15) is 17.7 Å². The molecular formula is C22H28FN5O2. The number of aryl methyl sites for hydroxylation is 1. The molecule has 0 spiro atoms. The van der Waals surface area contributed by atoms with Gasteiger partial charge in [0.15, 0.2) is 5.96 Å². The van der Waals surface area contributed by atoms with Gasteiger partial charge >= 0.3 is 0 Å². The second-order valence-electron chi connectivity index (χ2n) is 7.38. The van der Waals surface area contributed by atoms with Crippen molar-refractivity contribution in [2.45, 2.75) is 32.5 Å². The molecule has 2 unspecified atom stereocenters. The predicted molar refractivity (Wildman–Crippen MR) is 115 cm³/mol. The molecule has 2 aromatic rings. The van der Waals surface area contributed by atoms with E-state index in [9.17, 15) is 9.18 Å². The normalized spacial score (nSPS) is 19.5. The molecule has 1 aliphatic heterocycles. The third-order valence-electron chi connectivity index (χ3n) is 4.83. The Bertz CT molecular complexity index is 870. The maximum absolute atomic E-state index is 13.2. The van der Waals surface area contributed by atoms with Gasteiger partial charge in [-0.3, -0.25) is 9.79 Å². The van der Waals surface area contributed by atoms with Crippen LogP contribution < -0.4 is 10.6 Å². The summed E-state index contributed by atoms with van der Waals surface area (Å²) in [6, 6.07) is 10.1. The number of nitrogens with one attached hydrogen (secondary N) is 2. The standard InChI is InChI=1S/C22H28FN5O2/c1-15-4-9-20(26-12-15)27-21(29)10-11-25-22(24-3)28-13-16(2)30-19(14-28)17-5-7-18(23)8-6-17/h4-9,12,16,19H,10-11,13-14H2,1-3H3,(H,24,25)(H,26,27,29). The van der Waals surface area contributed by atoms with Crippen LogP contribution in [-0.2, 0) is 9.53 Å². The molecule has 1 aromatic heterocycles. The largest absolute Gasteiger partial charge is 0.367 e. The summed E-state index contributed by atoms with van der Waals surface area (Å²) in [5, 5.41) is 6.03. The number of aliphatic imine (C=N–C) groups is 1. The fourth-order valence-electron chi connectivity index (χ4n) is 3.35. The number of hydrogen-bond donors (Lipinski definition) is 2. The smallest absolute Gasteiger partial charge is 0.227 e. The van der Waals surface area contributed by atoms with Crippen molar-refractivity contribution in [1.29, 1.82) is 0 Å². The second-order valence-corrected chi connectivity index (χ2v) is 7.38. The Hall–Kier alpha value is -3.00. The van der Waals surface area contributed by atoms with Crippen molar-refractivity contribution in [2.75, 3.05) is 32.0 Å². The van der Waals surface area contributed by atoms with Crippen LogP contribution in [-0.4, -0.2) is 54.5 Å². The number of nitrogens with zero attached hydrogens (tertiary/aromatic N) is 3. The summed E-state index contributed by atoms with van der Waals surface area (Å²) < 4.78 is 19.3. The Kier molecular flexibility index (Phi) is 7.35. The molecule has 0 radical (unpaired) electrons. The molecule has 0 bridgehead atoms. The van der Waals surface area contributed by atoms with Gasteiger partial charge in [0.2, 0.25) is 5.91 Å². The minimum absolute atomic E-state index is 0.0109. The zero-order chi connectivity index (χ0) is 21.5. The van der Waals surface area contributed by atoms with E-state index in [4.69, 9.17) is 4.74 Å². The van der Waals surface area contributed by atoms with Crippen LogP contribution >= 0.6 is 0 Å². The minimum atomic E-state index is -0.268. The number of guanidine groups is 1. The molecule has 1 aromatic carbocycles. The molecule has 2 heterocycles. The Morgan fingerprint density at radius 2 is 2.03 bits per heavy atom. The Morgan fingerprint density at radius 3 is 2.70 bits per heavy atom. The summed E-state index contributed by atoms with van der Waals surface area (Å²) >= 11 is 0. The Balaban J connectivity index is 1.52. The second kappa shape index (κ2) is 10.2. The number of halogens is 1. The first-order valence-electron chi connectivity index (χ1n) is 10.0. The van der Waals surface area contributed by atoms with Crippen LogP contribution in [0.4, 0.5) is 10.2 Å². The van der Waals surface area contributed by atoms with E-state index in [1.165, 1.54) is 12.1 Å². The van der Waals surface area contributed by atoms with E-state index in [2.05, 4.69) is 25.5 Å². The molecule has 2 atom stereocenters. The maximum Gasteiger partial charge on any atom is 0.227 e. The van der Waals surface area contributed by atoms with E-state index in [1.54, 1.807) is 31.4 Å². The maximum atomic E-state index is 13.2. The fourth-order valence-corrected chi connectivity index (χ4v) is 3.35. The molecule has 1 amide bonds. The summed E-state index contributed by atoms with van der Waals surface area (Å²) in [4.78, 5) is 22.8. The van der Waals surface area contributed by atoms with E-state index in [1.807, 2.05) is 19.9 Å². The third-order valence-corrected chi connectivity index (χ3v) is 4.83. The molecule has 0 saturated carbocycles. The van der Waals surface area contributed by atoms with E-state index >= 15 is 0 Å². The van der Waals surface area contributed by atoms with Gasteiger partial charge in [-0.2, -0.15) is 0 Å². The number of amides is 1. The predicted octanol–water partition coefficient (Wildman–Crippen LogP) is 2.90. The summed E-state index contributed by atoms with van der Waals surface area (Å²) in [6.45, 7) is 5.66. The van der Waals surface area contributed by atoms with Crippen LogP contribution in [0.3, 0.4) is 0 Å². The molecule has 7 nitrogen and oxygen atoms in total. The number of rotatable bonds is 5. The lowest BCUT2D eigenvalue weighted by Gasteiger charge is -2.38. The average molecular weight is 413 g/mol. The van der Waals surface area contributed by atoms with E-state index in [0.717, 1.165) is 11.1 Å². The highest BCUT2D eigenvalue weighted by Crippen LogP contribution is 2.25. The van der Waals surface area contributed by atoms with Crippen molar-refractivity contribution in [3.63, 3.8) is 0 Å².